The summed E-state index contributed by atoms with van der Waals surface area (Å²) in [5.41, 5.74) is 0.820. The third-order valence-corrected chi connectivity index (χ3v) is 9.26. The van der Waals surface area contributed by atoms with Crippen molar-refractivity contribution in [3.8, 4) is 0 Å². The van der Waals surface area contributed by atoms with Crippen LogP contribution >= 0.6 is 0 Å². The number of carbonyl (C=O) groups is 2. The van der Waals surface area contributed by atoms with Crippen molar-refractivity contribution in [2.75, 3.05) is 39.3 Å². The number of nitrogens with zero attached hydrogens (tertiary/aromatic N) is 3. The Morgan fingerprint density at radius 3 is 1.88 bits per heavy atom. The molecule has 4 rings (SSSR count). The molecule has 0 atom stereocenters. The molecule has 0 N–H and O–H groups in total. The Morgan fingerprint density at radius 2 is 1.27 bits per heavy atom. The predicted molar refractivity (Wildman–Crippen MR) is 127 cm³/mol. The van der Waals surface area contributed by atoms with E-state index in [1.165, 1.54) is 12.8 Å². The van der Waals surface area contributed by atoms with Crippen LogP contribution in [0.1, 0.15) is 63.4 Å². The molecule has 0 aromatic heterocycles. The van der Waals surface area contributed by atoms with Gasteiger partial charge in [-0.05, 0) is 56.2 Å². The number of carbonyl (C=O) groups excluding carboxylic acids is 2. The third-order valence-electron chi connectivity index (χ3n) is 7.35. The van der Waals surface area contributed by atoms with Gasteiger partial charge in [0.2, 0.25) is 21.8 Å². The molecule has 0 bridgehead atoms. The molecule has 3 heterocycles. The van der Waals surface area contributed by atoms with Crippen LogP contribution in [-0.2, 0) is 26.0 Å². The molecule has 0 unspecified atom stereocenters. The second-order valence-electron chi connectivity index (χ2n) is 9.68. The summed E-state index contributed by atoms with van der Waals surface area (Å²) in [6.45, 7) is 4.15. The van der Waals surface area contributed by atoms with Crippen molar-refractivity contribution < 1.29 is 18.0 Å². The normalized spacial score (nSPS) is 21.6. The summed E-state index contributed by atoms with van der Waals surface area (Å²) in [6, 6.07) is 6.76. The van der Waals surface area contributed by atoms with E-state index in [2.05, 4.69) is 0 Å². The maximum Gasteiger partial charge on any atom is 0.243 e. The second-order valence-corrected chi connectivity index (χ2v) is 11.6. The Hall–Kier alpha value is -1.93. The van der Waals surface area contributed by atoms with E-state index in [0.717, 1.165) is 63.6 Å². The topological polar surface area (TPSA) is 78.0 Å². The lowest BCUT2D eigenvalue weighted by molar-refractivity contribution is -0.140. The summed E-state index contributed by atoms with van der Waals surface area (Å²) in [6.07, 6.45) is 9.23. The lowest BCUT2D eigenvalue weighted by Gasteiger charge is -2.34. The second kappa shape index (κ2) is 11.0. The lowest BCUT2D eigenvalue weighted by Crippen LogP contribution is -2.45. The first-order valence-electron chi connectivity index (χ1n) is 12.6. The average Bonchev–Trinajstić information content (AvgIpc) is 3.14. The Balaban J connectivity index is 1.28. The van der Waals surface area contributed by atoms with Crippen LogP contribution in [0.15, 0.2) is 29.2 Å². The zero-order valence-electron chi connectivity index (χ0n) is 19.6. The van der Waals surface area contributed by atoms with Crippen molar-refractivity contribution in [1.82, 2.24) is 14.1 Å². The lowest BCUT2D eigenvalue weighted by atomic mass is 9.94. The van der Waals surface area contributed by atoms with E-state index in [1.807, 2.05) is 9.80 Å². The van der Waals surface area contributed by atoms with E-state index in [1.54, 1.807) is 28.6 Å². The van der Waals surface area contributed by atoms with Crippen LogP contribution in [0.4, 0.5) is 0 Å². The van der Waals surface area contributed by atoms with Crippen molar-refractivity contribution in [2.24, 2.45) is 5.92 Å². The molecule has 8 heteroatoms. The SMILES string of the molecule is O=C(Cc1ccc(S(=O)(=O)N2CCCCC2)cc1)N1CCC(C(=O)N2CCCCCC2)CC1. The molecule has 3 fully saturated rings. The highest BCUT2D eigenvalue weighted by atomic mass is 32.2. The van der Waals surface area contributed by atoms with Crippen molar-refractivity contribution in [3.05, 3.63) is 29.8 Å². The summed E-state index contributed by atoms with van der Waals surface area (Å²) in [5, 5.41) is 0. The van der Waals surface area contributed by atoms with Crippen molar-refractivity contribution in [1.29, 1.82) is 0 Å². The Morgan fingerprint density at radius 1 is 0.727 bits per heavy atom. The fourth-order valence-corrected chi connectivity index (χ4v) is 6.76. The maximum atomic E-state index is 12.9. The standard InChI is InChI=1S/C25H37N3O4S/c29-24(26-18-12-22(13-19-26)25(30)27-14-4-1-2-5-15-27)20-21-8-10-23(11-9-21)33(31,32)28-16-6-3-7-17-28/h8-11,22H,1-7,12-20H2. The van der Waals surface area contributed by atoms with Crippen molar-refractivity contribution in [3.63, 3.8) is 0 Å². The first-order valence-corrected chi connectivity index (χ1v) is 14.0. The molecule has 0 radical (unpaired) electrons. The first kappa shape index (κ1) is 24.2. The summed E-state index contributed by atoms with van der Waals surface area (Å²) in [5.74, 6) is 0.350. The third kappa shape index (κ3) is 5.96. The highest BCUT2D eigenvalue weighted by Gasteiger charge is 2.30. The van der Waals surface area contributed by atoms with Crippen LogP contribution < -0.4 is 0 Å². The molecule has 3 saturated heterocycles. The minimum atomic E-state index is -3.45. The van der Waals surface area contributed by atoms with Gasteiger partial charge in [-0.25, -0.2) is 8.42 Å². The summed E-state index contributed by atoms with van der Waals surface area (Å²) < 4.78 is 27.2. The largest absolute Gasteiger partial charge is 0.342 e. The van der Waals surface area contributed by atoms with Gasteiger partial charge in [-0.2, -0.15) is 4.31 Å². The number of rotatable bonds is 5. The van der Waals surface area contributed by atoms with E-state index in [4.69, 9.17) is 0 Å². The molecule has 2 amide bonds. The smallest absolute Gasteiger partial charge is 0.243 e. The predicted octanol–water partition coefficient (Wildman–Crippen LogP) is 3.04. The zero-order chi connectivity index (χ0) is 23.3. The molecule has 3 aliphatic heterocycles. The van der Waals surface area contributed by atoms with Crippen LogP contribution in [0.3, 0.4) is 0 Å². The van der Waals surface area contributed by atoms with Gasteiger partial charge in [0.25, 0.3) is 0 Å². The Kier molecular flexibility index (Phi) is 8.07. The number of hydrogen-bond donors (Lipinski definition) is 0. The molecule has 0 saturated carbocycles. The molecule has 1 aromatic carbocycles. The number of amides is 2. The zero-order valence-corrected chi connectivity index (χ0v) is 20.4. The van der Waals surface area contributed by atoms with Crippen molar-refractivity contribution >= 4 is 21.8 Å². The monoisotopic (exact) mass is 475 g/mol. The van der Waals surface area contributed by atoms with E-state index >= 15 is 0 Å². The number of sulfonamides is 1. The Labute approximate surface area is 198 Å². The van der Waals surface area contributed by atoms with Gasteiger partial charge in [0.1, 0.15) is 0 Å². The summed E-state index contributed by atoms with van der Waals surface area (Å²) in [4.78, 5) is 29.9. The van der Waals surface area contributed by atoms with E-state index in [0.29, 0.717) is 31.1 Å². The average molecular weight is 476 g/mol. The highest BCUT2D eigenvalue weighted by Crippen LogP contribution is 2.24. The summed E-state index contributed by atoms with van der Waals surface area (Å²) in [7, 11) is -3.45. The first-order chi connectivity index (χ1) is 15.9. The van der Waals surface area contributed by atoms with Gasteiger partial charge in [-0.3, -0.25) is 9.59 Å². The van der Waals surface area contributed by atoms with Crippen LogP contribution in [-0.4, -0.2) is 73.6 Å². The number of benzene rings is 1. The number of hydrogen-bond acceptors (Lipinski definition) is 4. The van der Waals surface area contributed by atoms with Crippen LogP contribution in [0, 0.1) is 5.92 Å². The van der Waals surface area contributed by atoms with E-state index < -0.39 is 10.0 Å². The van der Waals surface area contributed by atoms with Crippen LogP contribution in [0.2, 0.25) is 0 Å². The molecule has 33 heavy (non-hydrogen) atoms. The van der Waals surface area contributed by atoms with E-state index in [-0.39, 0.29) is 24.2 Å². The molecular weight excluding hydrogens is 438 g/mol. The van der Waals surface area contributed by atoms with Gasteiger partial charge in [-0.1, -0.05) is 31.4 Å². The van der Waals surface area contributed by atoms with Crippen LogP contribution in [0.5, 0.6) is 0 Å². The minimum Gasteiger partial charge on any atom is -0.342 e. The quantitative estimate of drug-likeness (QED) is 0.656. The van der Waals surface area contributed by atoms with Gasteiger partial charge in [0, 0.05) is 45.2 Å². The molecule has 0 spiro atoms. The van der Waals surface area contributed by atoms with Crippen LogP contribution in [0.25, 0.3) is 0 Å². The van der Waals surface area contributed by atoms with Gasteiger partial charge in [0.15, 0.2) is 0 Å². The van der Waals surface area contributed by atoms with Gasteiger partial charge < -0.3 is 9.80 Å². The fourth-order valence-electron chi connectivity index (χ4n) is 5.25. The van der Waals surface area contributed by atoms with Gasteiger partial charge in [-0.15, -0.1) is 0 Å². The van der Waals surface area contributed by atoms with E-state index in [9.17, 15) is 18.0 Å². The minimum absolute atomic E-state index is 0.0337. The molecule has 7 nitrogen and oxygen atoms in total. The summed E-state index contributed by atoms with van der Waals surface area (Å²) >= 11 is 0. The maximum absolute atomic E-state index is 12.9. The fraction of sp³-hybridized carbons (Fsp3) is 0.680. The molecule has 1 aromatic rings. The molecule has 0 aliphatic carbocycles. The molecular formula is C25H37N3O4S. The number of likely N-dealkylation sites (tertiary alicyclic amines) is 2. The Bertz CT molecular complexity index is 909. The molecule has 182 valence electrons. The van der Waals surface area contributed by atoms with Gasteiger partial charge in [0.05, 0.1) is 11.3 Å². The highest BCUT2D eigenvalue weighted by molar-refractivity contribution is 7.89. The van der Waals surface area contributed by atoms with Crippen molar-refractivity contribution in [2.45, 2.75) is 69.1 Å². The molecule has 3 aliphatic rings. The number of piperidine rings is 2. The van der Waals surface area contributed by atoms with Gasteiger partial charge >= 0.3 is 0 Å².